The van der Waals surface area contributed by atoms with E-state index in [1.54, 1.807) is 31.2 Å². The summed E-state index contributed by atoms with van der Waals surface area (Å²) < 4.78 is 32.0. The van der Waals surface area contributed by atoms with Crippen molar-refractivity contribution >= 4 is 21.7 Å². The Labute approximate surface area is 135 Å². The molecule has 2 rings (SSSR count). The van der Waals surface area contributed by atoms with Gasteiger partial charge >= 0.3 is 5.97 Å². The molecule has 0 aliphatic heterocycles. The molecular weight excluding hydrogens is 314 g/mol. The van der Waals surface area contributed by atoms with Crippen LogP contribution in [0.5, 0.6) is 0 Å². The third kappa shape index (κ3) is 4.11. The van der Waals surface area contributed by atoms with Crippen molar-refractivity contribution in [2.75, 3.05) is 11.3 Å². The number of anilines is 1. The summed E-state index contributed by atoms with van der Waals surface area (Å²) in [7, 11) is -3.76. The highest BCUT2D eigenvalue weighted by molar-refractivity contribution is 7.92. The summed E-state index contributed by atoms with van der Waals surface area (Å²) in [5.74, 6) is 1.94. The molecule has 2 aromatic carbocycles. The average Bonchev–Trinajstić information content (AvgIpc) is 2.55. The Hall–Kier alpha value is -2.78. The number of esters is 1. The monoisotopic (exact) mass is 329 g/mol. The molecular formula is C17H15NO4S. The Bertz CT molecular complexity index is 849. The minimum atomic E-state index is -3.76. The lowest BCUT2D eigenvalue weighted by molar-refractivity contribution is 0.0526. The molecule has 118 valence electrons. The first-order valence-electron chi connectivity index (χ1n) is 6.83. The average molecular weight is 329 g/mol. The quantitative estimate of drug-likeness (QED) is 0.676. The molecule has 0 atom stereocenters. The normalized spacial score (nSPS) is 10.6. The van der Waals surface area contributed by atoms with E-state index in [1.807, 2.05) is 0 Å². The number of sulfonamides is 1. The molecule has 0 amide bonds. The third-order valence-corrected chi connectivity index (χ3v) is 4.35. The van der Waals surface area contributed by atoms with Gasteiger partial charge in [-0.1, -0.05) is 12.0 Å². The number of ether oxygens (including phenoxy) is 1. The van der Waals surface area contributed by atoms with Crippen molar-refractivity contribution in [2.24, 2.45) is 0 Å². The topological polar surface area (TPSA) is 72.5 Å². The summed E-state index contributed by atoms with van der Waals surface area (Å²) in [5, 5.41) is 0. The fraction of sp³-hybridized carbons (Fsp3) is 0.118. The smallest absolute Gasteiger partial charge is 0.338 e. The molecule has 0 aromatic heterocycles. The maximum Gasteiger partial charge on any atom is 0.338 e. The molecule has 0 bridgehead atoms. The predicted molar refractivity (Wildman–Crippen MR) is 87.6 cm³/mol. The molecule has 0 unspecified atom stereocenters. The molecule has 0 spiro atoms. The zero-order valence-corrected chi connectivity index (χ0v) is 13.3. The van der Waals surface area contributed by atoms with Gasteiger partial charge in [-0.15, -0.1) is 6.42 Å². The van der Waals surface area contributed by atoms with Crippen LogP contribution in [0.2, 0.25) is 0 Å². The summed E-state index contributed by atoms with van der Waals surface area (Å²) in [6.07, 6.45) is 5.29. The van der Waals surface area contributed by atoms with Gasteiger partial charge in [-0.25, -0.2) is 13.2 Å². The van der Waals surface area contributed by atoms with Crippen LogP contribution in [0.1, 0.15) is 22.8 Å². The van der Waals surface area contributed by atoms with Crippen molar-refractivity contribution in [1.82, 2.24) is 0 Å². The van der Waals surface area contributed by atoms with Crippen molar-refractivity contribution in [2.45, 2.75) is 11.8 Å². The third-order valence-electron chi connectivity index (χ3n) is 2.96. The van der Waals surface area contributed by atoms with E-state index < -0.39 is 16.0 Å². The molecule has 0 fully saturated rings. The van der Waals surface area contributed by atoms with E-state index in [4.69, 9.17) is 11.2 Å². The van der Waals surface area contributed by atoms with Gasteiger partial charge in [0.25, 0.3) is 10.0 Å². The highest BCUT2D eigenvalue weighted by Crippen LogP contribution is 2.18. The largest absolute Gasteiger partial charge is 0.462 e. The van der Waals surface area contributed by atoms with Crippen molar-refractivity contribution < 1.29 is 17.9 Å². The lowest BCUT2D eigenvalue weighted by Gasteiger charge is -2.09. The van der Waals surface area contributed by atoms with Crippen LogP contribution in [0.3, 0.4) is 0 Å². The van der Waals surface area contributed by atoms with Crippen LogP contribution in [0.4, 0.5) is 5.69 Å². The van der Waals surface area contributed by atoms with Crippen LogP contribution >= 0.6 is 0 Å². The fourth-order valence-electron chi connectivity index (χ4n) is 1.87. The van der Waals surface area contributed by atoms with E-state index in [0.717, 1.165) is 0 Å². The molecule has 0 aliphatic carbocycles. The summed E-state index contributed by atoms with van der Waals surface area (Å²) in [5.41, 5.74) is 1.23. The first-order chi connectivity index (χ1) is 11.0. The van der Waals surface area contributed by atoms with Crippen LogP contribution in [0.15, 0.2) is 53.4 Å². The minimum absolute atomic E-state index is 0.0386. The Balaban J connectivity index is 2.22. The maximum absolute atomic E-state index is 12.3. The van der Waals surface area contributed by atoms with Crippen molar-refractivity contribution in [1.29, 1.82) is 0 Å². The van der Waals surface area contributed by atoms with Gasteiger partial charge in [-0.3, -0.25) is 4.72 Å². The van der Waals surface area contributed by atoms with Crippen molar-refractivity contribution in [3.63, 3.8) is 0 Å². The first kappa shape index (κ1) is 16.6. The number of nitrogens with one attached hydrogen (secondary N) is 1. The van der Waals surface area contributed by atoms with Crippen LogP contribution in [-0.4, -0.2) is 21.0 Å². The summed E-state index contributed by atoms with van der Waals surface area (Å²) in [6.45, 7) is 1.96. The fourth-order valence-corrected chi connectivity index (χ4v) is 2.92. The van der Waals surface area contributed by atoms with E-state index in [-0.39, 0.29) is 11.5 Å². The lowest BCUT2D eigenvalue weighted by atomic mass is 10.2. The van der Waals surface area contributed by atoms with E-state index in [1.165, 1.54) is 24.3 Å². The van der Waals surface area contributed by atoms with E-state index >= 15 is 0 Å². The Kier molecular flexibility index (Phi) is 5.04. The number of hydrogen-bond acceptors (Lipinski definition) is 4. The zero-order chi connectivity index (χ0) is 16.9. The predicted octanol–water partition coefficient (Wildman–Crippen LogP) is 2.65. The van der Waals surface area contributed by atoms with Gasteiger partial charge in [0.05, 0.1) is 22.8 Å². The summed E-state index contributed by atoms with van der Waals surface area (Å²) in [4.78, 5) is 11.6. The lowest BCUT2D eigenvalue weighted by Crippen LogP contribution is -2.13. The van der Waals surface area contributed by atoms with E-state index in [0.29, 0.717) is 16.8 Å². The van der Waals surface area contributed by atoms with Crippen LogP contribution in [0.25, 0.3) is 0 Å². The van der Waals surface area contributed by atoms with Crippen molar-refractivity contribution in [3.8, 4) is 12.3 Å². The SMILES string of the molecule is C#Cc1cccc(NS(=O)(=O)c2ccc(C(=O)OCC)cc2)c1. The first-order valence-corrected chi connectivity index (χ1v) is 8.31. The standard InChI is InChI=1S/C17H15NO4S/c1-3-13-6-5-7-15(12-13)18-23(20,21)16-10-8-14(9-11-16)17(19)22-4-2/h1,5-12,18H,4H2,2H3. The molecule has 23 heavy (non-hydrogen) atoms. The molecule has 0 heterocycles. The zero-order valence-electron chi connectivity index (χ0n) is 12.4. The number of benzene rings is 2. The van der Waals surface area contributed by atoms with E-state index in [2.05, 4.69) is 10.6 Å². The van der Waals surface area contributed by atoms with Gasteiger partial charge in [-0.2, -0.15) is 0 Å². The van der Waals surface area contributed by atoms with Gasteiger partial charge in [0.15, 0.2) is 0 Å². The second-order valence-corrected chi connectivity index (χ2v) is 6.26. The number of carbonyl (C=O) groups is 1. The number of rotatable bonds is 5. The Morgan fingerprint density at radius 3 is 2.52 bits per heavy atom. The molecule has 0 radical (unpaired) electrons. The van der Waals surface area contributed by atoms with Gasteiger partial charge < -0.3 is 4.74 Å². The molecule has 6 heteroatoms. The number of hydrogen-bond donors (Lipinski definition) is 1. The minimum Gasteiger partial charge on any atom is -0.462 e. The second kappa shape index (κ2) is 6.99. The van der Waals surface area contributed by atoms with Gasteiger partial charge in [0.1, 0.15) is 0 Å². The number of carbonyl (C=O) groups excluding carboxylic acids is 1. The highest BCUT2D eigenvalue weighted by atomic mass is 32.2. The summed E-state index contributed by atoms with van der Waals surface area (Å²) in [6, 6.07) is 12.0. The van der Waals surface area contributed by atoms with Gasteiger partial charge in [0, 0.05) is 5.56 Å². The number of terminal acetylenes is 1. The molecule has 2 aromatic rings. The van der Waals surface area contributed by atoms with Gasteiger partial charge in [-0.05, 0) is 49.4 Å². The van der Waals surface area contributed by atoms with E-state index in [9.17, 15) is 13.2 Å². The molecule has 0 aliphatic rings. The second-order valence-electron chi connectivity index (χ2n) is 4.58. The van der Waals surface area contributed by atoms with Gasteiger partial charge in [0.2, 0.25) is 0 Å². The Morgan fingerprint density at radius 2 is 1.91 bits per heavy atom. The maximum atomic E-state index is 12.3. The highest BCUT2D eigenvalue weighted by Gasteiger charge is 2.15. The molecule has 5 nitrogen and oxygen atoms in total. The van der Waals surface area contributed by atoms with Crippen molar-refractivity contribution in [3.05, 3.63) is 59.7 Å². The molecule has 0 saturated carbocycles. The summed E-state index contributed by atoms with van der Waals surface area (Å²) >= 11 is 0. The Morgan fingerprint density at radius 1 is 1.22 bits per heavy atom. The van der Waals surface area contributed by atoms with Crippen LogP contribution < -0.4 is 4.72 Å². The van der Waals surface area contributed by atoms with Crippen LogP contribution in [-0.2, 0) is 14.8 Å². The molecule has 1 N–H and O–H groups in total. The molecule has 0 saturated heterocycles. The van der Waals surface area contributed by atoms with Crippen LogP contribution in [0, 0.1) is 12.3 Å².